The minimum Gasteiger partial charge on any atom is -0.492 e. The van der Waals surface area contributed by atoms with Crippen molar-refractivity contribution < 1.29 is 38.9 Å². The molecular formula is C14H20N2O8. The first kappa shape index (κ1) is 19.1. The zero-order valence-corrected chi connectivity index (χ0v) is 13.7. The minimum atomic E-state index is -1.45. The fraction of sp³-hybridized carbons (Fsp3) is 0.500. The topological polar surface area (TPSA) is 136 Å². The van der Waals surface area contributed by atoms with Crippen LogP contribution < -0.4 is 10.2 Å². The number of alkyl carbamates (subject to hydrolysis) is 1. The Balaban J connectivity index is 2.86. The fourth-order valence-corrected chi connectivity index (χ4v) is 1.54. The number of esters is 1. The first-order valence-electron chi connectivity index (χ1n) is 6.91. The van der Waals surface area contributed by atoms with Crippen molar-refractivity contribution in [1.82, 2.24) is 10.0 Å². The number of aromatic nitrogens is 1. The summed E-state index contributed by atoms with van der Waals surface area (Å²) in [7, 11) is 1.11. The van der Waals surface area contributed by atoms with E-state index >= 15 is 0 Å². The van der Waals surface area contributed by atoms with Gasteiger partial charge in [-0.3, -0.25) is 4.79 Å². The highest BCUT2D eigenvalue weighted by Gasteiger charge is 2.30. The molecule has 1 aromatic rings. The molecular weight excluding hydrogens is 324 g/mol. The maximum atomic E-state index is 12.1. The molecule has 0 aliphatic rings. The lowest BCUT2D eigenvalue weighted by atomic mass is 10.2. The second-order valence-corrected chi connectivity index (χ2v) is 5.73. The number of methoxy groups -OCH3 is 1. The van der Waals surface area contributed by atoms with Gasteiger partial charge in [0.15, 0.2) is 0 Å². The van der Waals surface area contributed by atoms with Crippen LogP contribution in [0.1, 0.15) is 27.2 Å². The number of hydrogen-bond donors (Lipinski definition) is 3. The summed E-state index contributed by atoms with van der Waals surface area (Å²) in [6, 6.07) is 0.715. The van der Waals surface area contributed by atoms with Crippen LogP contribution in [0.3, 0.4) is 0 Å². The van der Waals surface area contributed by atoms with Crippen molar-refractivity contribution in [3.63, 3.8) is 0 Å². The van der Waals surface area contributed by atoms with Crippen LogP contribution in [0.25, 0.3) is 0 Å². The van der Waals surface area contributed by atoms with Crippen LogP contribution in [0, 0.1) is 0 Å². The Labute approximate surface area is 137 Å². The van der Waals surface area contributed by atoms with E-state index in [4.69, 9.17) is 9.57 Å². The van der Waals surface area contributed by atoms with E-state index < -0.39 is 47.9 Å². The van der Waals surface area contributed by atoms with Crippen LogP contribution in [0.5, 0.6) is 11.8 Å². The van der Waals surface area contributed by atoms with E-state index in [1.54, 1.807) is 20.8 Å². The van der Waals surface area contributed by atoms with Gasteiger partial charge in [0.1, 0.15) is 11.6 Å². The number of rotatable bonds is 5. The number of aromatic hydroxyl groups is 2. The van der Waals surface area contributed by atoms with Gasteiger partial charge in [0.2, 0.25) is 11.8 Å². The second kappa shape index (κ2) is 7.57. The van der Waals surface area contributed by atoms with Crippen molar-refractivity contribution in [1.29, 1.82) is 0 Å². The number of carbonyl (C=O) groups is 3. The lowest BCUT2D eigenvalue weighted by Gasteiger charge is -2.22. The number of ether oxygens (including phenoxy) is 2. The Morgan fingerprint density at radius 2 is 1.75 bits per heavy atom. The Hall–Kier alpha value is -2.91. The maximum absolute atomic E-state index is 12.1. The Morgan fingerprint density at radius 3 is 2.21 bits per heavy atom. The van der Waals surface area contributed by atoms with E-state index in [0.29, 0.717) is 4.73 Å². The summed E-state index contributed by atoms with van der Waals surface area (Å²) >= 11 is 0. The van der Waals surface area contributed by atoms with Gasteiger partial charge in [0, 0.05) is 12.1 Å². The molecule has 1 heterocycles. The molecule has 1 atom stereocenters. The molecule has 0 aromatic carbocycles. The summed E-state index contributed by atoms with van der Waals surface area (Å²) in [6.45, 7) is 4.86. The van der Waals surface area contributed by atoms with Gasteiger partial charge in [-0.25, -0.2) is 9.59 Å². The van der Waals surface area contributed by atoms with Gasteiger partial charge in [0.25, 0.3) is 0 Å². The van der Waals surface area contributed by atoms with Gasteiger partial charge < -0.3 is 29.8 Å². The van der Waals surface area contributed by atoms with E-state index in [1.807, 2.05) is 0 Å². The second-order valence-electron chi connectivity index (χ2n) is 5.73. The van der Waals surface area contributed by atoms with Gasteiger partial charge in [0.05, 0.1) is 13.5 Å². The Morgan fingerprint density at radius 1 is 1.21 bits per heavy atom. The van der Waals surface area contributed by atoms with E-state index in [-0.39, 0.29) is 0 Å². The third-order valence-corrected chi connectivity index (χ3v) is 2.55. The SMILES string of the molecule is COC(=O)C[C@H](NC(=O)OC(C)(C)C)C(=O)On1c(O)ccc1O. The van der Waals surface area contributed by atoms with Crippen molar-refractivity contribution in [2.75, 3.05) is 7.11 Å². The maximum Gasteiger partial charge on any atom is 0.408 e. The molecule has 10 heteroatoms. The quantitative estimate of drug-likeness (QED) is 0.649. The normalized spacial score (nSPS) is 12.2. The van der Waals surface area contributed by atoms with Crippen LogP contribution in [0.2, 0.25) is 0 Å². The van der Waals surface area contributed by atoms with Crippen LogP contribution >= 0.6 is 0 Å². The van der Waals surface area contributed by atoms with Crippen LogP contribution in [0.15, 0.2) is 12.1 Å². The molecule has 0 saturated heterocycles. The average Bonchev–Trinajstić information content (AvgIpc) is 2.76. The molecule has 24 heavy (non-hydrogen) atoms. The van der Waals surface area contributed by atoms with Gasteiger partial charge in [-0.05, 0) is 20.8 Å². The monoisotopic (exact) mass is 344 g/mol. The lowest BCUT2D eigenvalue weighted by Crippen LogP contribution is -2.47. The summed E-state index contributed by atoms with van der Waals surface area (Å²) in [5.41, 5.74) is -0.819. The zero-order valence-electron chi connectivity index (χ0n) is 13.7. The fourth-order valence-electron chi connectivity index (χ4n) is 1.54. The standard InChI is InChI=1S/C14H20N2O8/c1-14(2,3)23-13(21)15-8(7-11(19)22-4)12(20)24-16-9(17)5-6-10(16)18/h5-6,8,17-18H,7H2,1-4H3,(H,15,21)/t8-/m0/s1. The van der Waals surface area contributed by atoms with Gasteiger partial charge >= 0.3 is 18.0 Å². The van der Waals surface area contributed by atoms with Crippen LogP contribution in [0.4, 0.5) is 4.79 Å². The lowest BCUT2D eigenvalue weighted by molar-refractivity contribution is -0.152. The summed E-state index contributed by atoms with van der Waals surface area (Å²) in [4.78, 5) is 40.1. The molecule has 0 bridgehead atoms. The summed E-state index contributed by atoms with van der Waals surface area (Å²) in [5, 5.41) is 21.1. The smallest absolute Gasteiger partial charge is 0.408 e. The van der Waals surface area contributed by atoms with Crippen LogP contribution in [-0.4, -0.2) is 51.7 Å². The largest absolute Gasteiger partial charge is 0.492 e. The molecule has 1 rings (SSSR count). The molecule has 1 aromatic heterocycles. The highest BCUT2D eigenvalue weighted by molar-refractivity contribution is 5.86. The summed E-state index contributed by atoms with van der Waals surface area (Å²) < 4.78 is 9.89. The highest BCUT2D eigenvalue weighted by atomic mass is 16.7. The first-order valence-corrected chi connectivity index (χ1v) is 6.91. The Kier molecular flexibility index (Phi) is 6.04. The molecule has 1 amide bonds. The molecule has 0 saturated carbocycles. The van der Waals surface area contributed by atoms with Crippen molar-refractivity contribution in [2.24, 2.45) is 0 Å². The van der Waals surface area contributed by atoms with Crippen molar-refractivity contribution >= 4 is 18.0 Å². The minimum absolute atomic E-state index is 0.434. The predicted octanol–water partition coefficient (Wildman–Crippen LogP) is 0.311. The molecule has 0 unspecified atom stereocenters. The zero-order chi connectivity index (χ0) is 18.5. The summed E-state index contributed by atoms with van der Waals surface area (Å²) in [6.07, 6.45) is -1.48. The molecule has 0 radical (unpaired) electrons. The first-order chi connectivity index (χ1) is 11.0. The number of carbonyl (C=O) groups excluding carboxylic acids is 3. The molecule has 0 aliphatic carbocycles. The predicted molar refractivity (Wildman–Crippen MR) is 79.1 cm³/mol. The van der Waals surface area contributed by atoms with E-state index in [0.717, 1.165) is 19.2 Å². The molecule has 10 nitrogen and oxygen atoms in total. The van der Waals surface area contributed by atoms with Crippen LogP contribution in [-0.2, 0) is 19.1 Å². The number of amides is 1. The molecule has 3 N–H and O–H groups in total. The number of hydrogen-bond acceptors (Lipinski definition) is 8. The molecule has 0 aliphatic heterocycles. The van der Waals surface area contributed by atoms with Gasteiger partial charge in [-0.1, -0.05) is 0 Å². The van der Waals surface area contributed by atoms with E-state index in [2.05, 4.69) is 10.1 Å². The third-order valence-electron chi connectivity index (χ3n) is 2.55. The van der Waals surface area contributed by atoms with Crippen molar-refractivity contribution in [2.45, 2.75) is 38.8 Å². The molecule has 134 valence electrons. The van der Waals surface area contributed by atoms with Crippen molar-refractivity contribution in [3.8, 4) is 11.8 Å². The molecule has 0 spiro atoms. The van der Waals surface area contributed by atoms with Gasteiger partial charge in [-0.2, -0.15) is 0 Å². The van der Waals surface area contributed by atoms with Gasteiger partial charge in [-0.15, -0.1) is 4.73 Å². The average molecular weight is 344 g/mol. The summed E-state index contributed by atoms with van der Waals surface area (Å²) in [5.74, 6) is -2.99. The van der Waals surface area contributed by atoms with Crippen molar-refractivity contribution in [3.05, 3.63) is 12.1 Å². The number of nitrogens with one attached hydrogen (secondary N) is 1. The molecule has 0 fully saturated rings. The third kappa shape index (κ3) is 5.71. The number of nitrogens with zero attached hydrogens (tertiary/aromatic N) is 1. The highest BCUT2D eigenvalue weighted by Crippen LogP contribution is 2.19. The Bertz CT molecular complexity index is 597. The van der Waals surface area contributed by atoms with E-state index in [1.165, 1.54) is 0 Å². The van der Waals surface area contributed by atoms with E-state index in [9.17, 15) is 24.6 Å².